The van der Waals surface area contributed by atoms with E-state index in [9.17, 15) is 18.0 Å². The van der Waals surface area contributed by atoms with Crippen LogP contribution in [0.2, 0.25) is 0 Å². The van der Waals surface area contributed by atoms with Crippen LogP contribution in [0.15, 0.2) is 42.7 Å². The van der Waals surface area contributed by atoms with Crippen LogP contribution in [0.1, 0.15) is 57.7 Å². The molecule has 8 nitrogen and oxygen atoms in total. The van der Waals surface area contributed by atoms with Crippen LogP contribution < -0.4 is 4.90 Å². The third kappa shape index (κ3) is 4.64. The van der Waals surface area contributed by atoms with Gasteiger partial charge in [-0.25, -0.2) is 0 Å². The van der Waals surface area contributed by atoms with E-state index in [0.29, 0.717) is 57.1 Å². The van der Waals surface area contributed by atoms with Crippen molar-refractivity contribution in [2.24, 2.45) is 7.05 Å². The summed E-state index contributed by atoms with van der Waals surface area (Å²) in [4.78, 5) is 17.3. The van der Waals surface area contributed by atoms with Gasteiger partial charge in [0.15, 0.2) is 0 Å². The first kappa shape index (κ1) is 26.6. The molecule has 3 fully saturated rings. The second kappa shape index (κ2) is 9.64. The first-order chi connectivity index (χ1) is 19.6. The van der Waals surface area contributed by atoms with E-state index in [1.807, 2.05) is 29.8 Å². The van der Waals surface area contributed by atoms with Crippen LogP contribution in [0.3, 0.4) is 0 Å². The fourth-order valence-corrected chi connectivity index (χ4v) is 6.70. The van der Waals surface area contributed by atoms with Crippen LogP contribution in [0.25, 0.3) is 0 Å². The van der Waals surface area contributed by atoms with Crippen LogP contribution in [-0.2, 0) is 47.6 Å². The predicted octanol–water partition coefficient (Wildman–Crippen LogP) is 4.26. The van der Waals surface area contributed by atoms with Gasteiger partial charge in [-0.3, -0.25) is 9.69 Å². The highest BCUT2D eigenvalue weighted by Gasteiger charge is 2.45. The summed E-state index contributed by atoms with van der Waals surface area (Å²) in [6.45, 7) is 3.15. The van der Waals surface area contributed by atoms with Gasteiger partial charge in [0.2, 0.25) is 0 Å². The molecule has 216 valence electrons. The number of rotatable bonds is 6. The van der Waals surface area contributed by atoms with Crippen molar-refractivity contribution in [3.63, 3.8) is 0 Å². The van der Waals surface area contributed by atoms with E-state index in [1.165, 1.54) is 11.0 Å². The van der Waals surface area contributed by atoms with Gasteiger partial charge < -0.3 is 18.9 Å². The molecule has 7 rings (SSSR count). The number of hydrogen-bond donors (Lipinski definition) is 0. The second-order valence-corrected chi connectivity index (χ2v) is 12.0. The standard InChI is InChI=1S/C30H32F3N5O3/c1-36-19-34-35-26(36)13-28(17-40-18-28)21-4-2-5-22(12-21)38-15-24-23(27(38)39)10-20(11-25(24)30(31,32)33)14-37-8-9-41-29(16-37)6-3-7-29/h2,4-5,10-12,19H,3,6-9,13-18H2,1H3. The Hall–Kier alpha value is -3.28. The first-order valence-electron chi connectivity index (χ1n) is 14.1. The number of fused-ring (bicyclic) bond motifs is 1. The number of hydrogen-bond acceptors (Lipinski definition) is 6. The lowest BCUT2D eigenvalue weighted by molar-refractivity contribution is -0.153. The number of carbonyl (C=O) groups is 1. The molecule has 4 heterocycles. The molecule has 1 aliphatic carbocycles. The highest BCUT2D eigenvalue weighted by molar-refractivity contribution is 6.10. The van der Waals surface area contributed by atoms with Gasteiger partial charge in [-0.2, -0.15) is 13.2 Å². The highest BCUT2D eigenvalue weighted by atomic mass is 19.4. The molecule has 0 unspecified atom stereocenters. The SMILES string of the molecule is Cn1cnnc1CC1(c2cccc(N3Cc4c(cc(CN5CCOC6(CCC6)C5)cc4C(F)(F)F)C3=O)c2)COC1. The summed E-state index contributed by atoms with van der Waals surface area (Å²) in [6, 6.07) is 10.4. The van der Waals surface area contributed by atoms with Crippen LogP contribution in [0.5, 0.6) is 0 Å². The minimum Gasteiger partial charge on any atom is -0.379 e. The number of alkyl halides is 3. The first-order valence-corrected chi connectivity index (χ1v) is 14.1. The summed E-state index contributed by atoms with van der Waals surface area (Å²) in [5.74, 6) is 0.406. The fourth-order valence-electron chi connectivity index (χ4n) is 6.70. The van der Waals surface area contributed by atoms with Gasteiger partial charge in [-0.15, -0.1) is 10.2 Å². The largest absolute Gasteiger partial charge is 0.416 e. The molecule has 41 heavy (non-hydrogen) atoms. The van der Waals surface area contributed by atoms with Gasteiger partial charge in [-0.1, -0.05) is 12.1 Å². The van der Waals surface area contributed by atoms with Crippen molar-refractivity contribution < 1.29 is 27.4 Å². The van der Waals surface area contributed by atoms with Gasteiger partial charge in [0.1, 0.15) is 12.2 Å². The van der Waals surface area contributed by atoms with Gasteiger partial charge in [0.25, 0.3) is 5.91 Å². The maximum Gasteiger partial charge on any atom is 0.416 e. The summed E-state index contributed by atoms with van der Waals surface area (Å²) in [5, 5.41) is 8.20. The molecule has 3 aliphatic heterocycles. The van der Waals surface area contributed by atoms with Crippen molar-refractivity contribution in [1.29, 1.82) is 0 Å². The Morgan fingerprint density at radius 2 is 1.95 bits per heavy atom. The number of nitrogens with zero attached hydrogens (tertiary/aromatic N) is 5. The number of aryl methyl sites for hydroxylation is 1. The van der Waals surface area contributed by atoms with E-state index in [2.05, 4.69) is 15.1 Å². The molecule has 11 heteroatoms. The van der Waals surface area contributed by atoms with E-state index in [0.717, 1.165) is 30.7 Å². The maximum absolute atomic E-state index is 14.3. The van der Waals surface area contributed by atoms with Crippen molar-refractivity contribution in [3.8, 4) is 0 Å². The highest BCUT2D eigenvalue weighted by Crippen LogP contribution is 2.43. The molecule has 0 radical (unpaired) electrons. The van der Waals surface area contributed by atoms with Gasteiger partial charge >= 0.3 is 6.18 Å². The maximum atomic E-state index is 14.3. The van der Waals surface area contributed by atoms with Crippen molar-refractivity contribution in [3.05, 3.63) is 76.4 Å². The third-order valence-electron chi connectivity index (χ3n) is 9.23. The minimum absolute atomic E-state index is 0.0369. The summed E-state index contributed by atoms with van der Waals surface area (Å²) in [7, 11) is 1.88. The number of amides is 1. The molecule has 1 aromatic heterocycles. The van der Waals surface area contributed by atoms with E-state index < -0.39 is 17.6 Å². The molecule has 2 saturated heterocycles. The van der Waals surface area contributed by atoms with Crippen molar-refractivity contribution in [1.82, 2.24) is 19.7 Å². The average Bonchev–Trinajstić information content (AvgIpc) is 3.46. The molecule has 0 bridgehead atoms. The Morgan fingerprint density at radius 3 is 2.61 bits per heavy atom. The molecule has 0 N–H and O–H groups in total. The van der Waals surface area contributed by atoms with Crippen LogP contribution >= 0.6 is 0 Å². The number of anilines is 1. The van der Waals surface area contributed by atoms with E-state index in [1.54, 1.807) is 18.5 Å². The third-order valence-corrected chi connectivity index (χ3v) is 9.23. The number of aromatic nitrogens is 3. The Bertz CT molecular complexity index is 1490. The van der Waals surface area contributed by atoms with Crippen molar-refractivity contribution >= 4 is 11.6 Å². The predicted molar refractivity (Wildman–Crippen MR) is 143 cm³/mol. The average molecular weight is 568 g/mol. The van der Waals surface area contributed by atoms with E-state index in [4.69, 9.17) is 9.47 Å². The zero-order chi connectivity index (χ0) is 28.4. The second-order valence-electron chi connectivity index (χ2n) is 12.0. The quantitative estimate of drug-likeness (QED) is 0.444. The van der Waals surface area contributed by atoms with Crippen molar-refractivity contribution in [2.75, 3.05) is 37.8 Å². The number of carbonyl (C=O) groups excluding carboxylic acids is 1. The molecule has 2 aromatic carbocycles. The van der Waals surface area contributed by atoms with Crippen LogP contribution in [0, 0.1) is 0 Å². The number of halogens is 3. The molecule has 1 amide bonds. The zero-order valence-corrected chi connectivity index (χ0v) is 22.9. The molecule has 1 spiro atoms. The normalized spacial score (nSPS) is 21.6. The molecular formula is C30H32F3N5O3. The number of ether oxygens (including phenoxy) is 2. The lowest BCUT2D eigenvalue weighted by atomic mass is 9.75. The fraction of sp³-hybridized carbons (Fsp3) is 0.500. The molecule has 1 saturated carbocycles. The monoisotopic (exact) mass is 567 g/mol. The zero-order valence-electron chi connectivity index (χ0n) is 22.9. The van der Waals surface area contributed by atoms with Gasteiger partial charge in [0, 0.05) is 49.8 Å². The lowest BCUT2D eigenvalue weighted by Crippen LogP contribution is -2.55. The Labute approximate surface area is 236 Å². The Kier molecular flexibility index (Phi) is 6.26. The van der Waals surface area contributed by atoms with Crippen molar-refractivity contribution in [2.45, 2.75) is 56.0 Å². The summed E-state index contributed by atoms with van der Waals surface area (Å²) >= 11 is 0. The molecule has 3 aromatic rings. The Balaban J connectivity index is 1.18. The summed E-state index contributed by atoms with van der Waals surface area (Å²) < 4.78 is 56.5. The topological polar surface area (TPSA) is 72.7 Å². The van der Waals surface area contributed by atoms with E-state index in [-0.39, 0.29) is 28.7 Å². The minimum atomic E-state index is -4.57. The summed E-state index contributed by atoms with van der Waals surface area (Å²) in [5.41, 5.74) is 0.981. The van der Waals surface area contributed by atoms with Gasteiger partial charge in [-0.05, 0) is 60.2 Å². The summed E-state index contributed by atoms with van der Waals surface area (Å²) in [6.07, 6.45) is 0.772. The van der Waals surface area contributed by atoms with Crippen LogP contribution in [-0.4, -0.2) is 64.1 Å². The van der Waals surface area contributed by atoms with Gasteiger partial charge in [0.05, 0.1) is 37.5 Å². The molecular weight excluding hydrogens is 535 g/mol. The smallest absolute Gasteiger partial charge is 0.379 e. The van der Waals surface area contributed by atoms with Crippen LogP contribution in [0.4, 0.5) is 18.9 Å². The molecule has 4 aliphatic rings. The number of benzene rings is 2. The number of morpholine rings is 1. The lowest BCUT2D eigenvalue weighted by Gasteiger charge is -2.48. The molecule has 0 atom stereocenters. The Morgan fingerprint density at radius 1 is 1.12 bits per heavy atom. The van der Waals surface area contributed by atoms with E-state index >= 15 is 0 Å².